The second-order valence-corrected chi connectivity index (χ2v) is 5.12. The van der Waals surface area contributed by atoms with E-state index in [9.17, 15) is 13.2 Å². The first kappa shape index (κ1) is 16.3. The first-order chi connectivity index (χ1) is 8.66. The Labute approximate surface area is 116 Å². The summed E-state index contributed by atoms with van der Waals surface area (Å²) in [6, 6.07) is 3.67. The number of likely N-dealkylation sites (N-methyl/N-ethyl adjacent to an activating group) is 1. The molecule has 0 amide bonds. The lowest BCUT2D eigenvalue weighted by molar-refractivity contribution is -0.189. The molecule has 0 heterocycles. The summed E-state index contributed by atoms with van der Waals surface area (Å²) >= 11 is 6.02. The number of hydrogen-bond acceptors (Lipinski definition) is 2. The maximum Gasteiger partial charge on any atom is 0.405 e. The molecule has 3 unspecified atom stereocenters. The predicted molar refractivity (Wildman–Crippen MR) is 71.1 cm³/mol. The van der Waals surface area contributed by atoms with Gasteiger partial charge in [-0.25, -0.2) is 0 Å². The van der Waals surface area contributed by atoms with Gasteiger partial charge in [-0.05, 0) is 32.5 Å². The molecule has 6 heteroatoms. The third kappa shape index (κ3) is 3.84. The average molecular weight is 295 g/mol. The Morgan fingerprint density at radius 2 is 1.74 bits per heavy atom. The molecule has 0 fully saturated rings. The van der Waals surface area contributed by atoms with Crippen LogP contribution < -0.4 is 5.73 Å². The first-order valence-electron chi connectivity index (χ1n) is 5.95. The molecule has 0 aliphatic heterocycles. The van der Waals surface area contributed by atoms with E-state index in [2.05, 4.69) is 0 Å². The highest BCUT2D eigenvalue weighted by molar-refractivity contribution is 6.31. The van der Waals surface area contributed by atoms with E-state index >= 15 is 0 Å². The van der Waals surface area contributed by atoms with Crippen LogP contribution in [0.4, 0.5) is 13.2 Å². The van der Waals surface area contributed by atoms with Gasteiger partial charge in [0.15, 0.2) is 0 Å². The standard InChI is InChI=1S/C13H18ClF3N2/c1-8(18)12(13(15,16)17)19(3)9(2)10-6-4-5-7-11(10)14/h4-9,12H,18H2,1-3H3. The number of alkyl halides is 3. The van der Waals surface area contributed by atoms with E-state index in [1.54, 1.807) is 31.2 Å². The summed E-state index contributed by atoms with van der Waals surface area (Å²) in [4.78, 5) is 1.21. The molecule has 19 heavy (non-hydrogen) atoms. The van der Waals surface area contributed by atoms with Gasteiger partial charge in [0.25, 0.3) is 0 Å². The molecule has 1 aromatic carbocycles. The summed E-state index contributed by atoms with van der Waals surface area (Å²) < 4.78 is 39.1. The van der Waals surface area contributed by atoms with E-state index in [1.165, 1.54) is 18.9 Å². The minimum Gasteiger partial charge on any atom is -0.326 e. The van der Waals surface area contributed by atoms with Gasteiger partial charge in [0.05, 0.1) is 0 Å². The lowest BCUT2D eigenvalue weighted by Crippen LogP contribution is -2.54. The zero-order chi connectivity index (χ0) is 14.8. The van der Waals surface area contributed by atoms with E-state index in [-0.39, 0.29) is 0 Å². The van der Waals surface area contributed by atoms with Crippen molar-refractivity contribution in [1.82, 2.24) is 4.90 Å². The van der Waals surface area contributed by atoms with Crippen molar-refractivity contribution in [2.75, 3.05) is 7.05 Å². The van der Waals surface area contributed by atoms with Crippen LogP contribution in [0.2, 0.25) is 5.02 Å². The monoisotopic (exact) mass is 294 g/mol. The van der Waals surface area contributed by atoms with E-state index in [1.807, 2.05) is 0 Å². The van der Waals surface area contributed by atoms with Crippen LogP contribution in [-0.2, 0) is 0 Å². The van der Waals surface area contributed by atoms with Crippen LogP contribution in [0.3, 0.4) is 0 Å². The van der Waals surface area contributed by atoms with Crippen LogP contribution in [0.5, 0.6) is 0 Å². The molecule has 0 aliphatic carbocycles. The van der Waals surface area contributed by atoms with Crippen molar-refractivity contribution in [1.29, 1.82) is 0 Å². The number of nitrogens with zero attached hydrogens (tertiary/aromatic N) is 1. The number of rotatable bonds is 4. The Morgan fingerprint density at radius 1 is 1.21 bits per heavy atom. The molecule has 3 atom stereocenters. The third-order valence-electron chi connectivity index (χ3n) is 3.24. The molecule has 1 aromatic rings. The van der Waals surface area contributed by atoms with Crippen molar-refractivity contribution >= 4 is 11.6 Å². The molecule has 2 nitrogen and oxygen atoms in total. The maximum absolute atomic E-state index is 13.0. The van der Waals surface area contributed by atoms with E-state index in [4.69, 9.17) is 17.3 Å². The molecule has 0 spiro atoms. The third-order valence-corrected chi connectivity index (χ3v) is 3.58. The summed E-state index contributed by atoms with van der Waals surface area (Å²) in [5.41, 5.74) is 6.14. The predicted octanol–water partition coefficient (Wildman–Crippen LogP) is 3.61. The fourth-order valence-electron chi connectivity index (χ4n) is 2.17. The van der Waals surface area contributed by atoms with Crippen molar-refractivity contribution in [3.63, 3.8) is 0 Å². The zero-order valence-electron chi connectivity index (χ0n) is 11.1. The smallest absolute Gasteiger partial charge is 0.326 e. The van der Waals surface area contributed by atoms with Gasteiger partial charge >= 0.3 is 6.18 Å². The topological polar surface area (TPSA) is 29.3 Å². The van der Waals surface area contributed by atoms with Crippen LogP contribution in [0.1, 0.15) is 25.5 Å². The van der Waals surface area contributed by atoms with Gasteiger partial charge in [-0.3, -0.25) is 4.90 Å². The van der Waals surface area contributed by atoms with Gasteiger partial charge < -0.3 is 5.73 Å². The molecule has 0 aliphatic rings. The Morgan fingerprint density at radius 3 is 2.16 bits per heavy atom. The quantitative estimate of drug-likeness (QED) is 0.919. The van der Waals surface area contributed by atoms with Crippen molar-refractivity contribution in [2.24, 2.45) is 5.73 Å². The first-order valence-corrected chi connectivity index (χ1v) is 6.32. The molecule has 2 N–H and O–H groups in total. The Balaban J connectivity index is 3.04. The van der Waals surface area contributed by atoms with Gasteiger partial charge in [0.2, 0.25) is 0 Å². The molecule has 0 saturated heterocycles. The normalized spacial score (nSPS) is 17.3. The van der Waals surface area contributed by atoms with Crippen molar-refractivity contribution in [3.8, 4) is 0 Å². The minimum absolute atomic E-state index is 0.451. The van der Waals surface area contributed by atoms with Gasteiger partial charge in [-0.1, -0.05) is 29.8 Å². The lowest BCUT2D eigenvalue weighted by Gasteiger charge is -2.37. The minimum atomic E-state index is -4.38. The highest BCUT2D eigenvalue weighted by Gasteiger charge is 2.46. The number of halogens is 4. The van der Waals surface area contributed by atoms with Gasteiger partial charge in [0.1, 0.15) is 6.04 Å². The Hall–Kier alpha value is -0.780. The fraction of sp³-hybridized carbons (Fsp3) is 0.538. The second kappa shape index (κ2) is 6.11. The highest BCUT2D eigenvalue weighted by atomic mass is 35.5. The van der Waals surface area contributed by atoms with E-state index < -0.39 is 24.3 Å². The SMILES string of the molecule is CC(N)C(N(C)C(C)c1ccccc1Cl)C(F)(F)F. The molecular formula is C13H18ClF3N2. The van der Waals surface area contributed by atoms with Gasteiger partial charge in [0, 0.05) is 17.1 Å². The summed E-state index contributed by atoms with van der Waals surface area (Å²) in [5.74, 6) is 0. The molecular weight excluding hydrogens is 277 g/mol. The van der Waals surface area contributed by atoms with Crippen molar-refractivity contribution in [3.05, 3.63) is 34.9 Å². The average Bonchev–Trinajstić information content (AvgIpc) is 2.26. The number of benzene rings is 1. The second-order valence-electron chi connectivity index (χ2n) is 4.71. The van der Waals surface area contributed by atoms with Crippen LogP contribution in [-0.4, -0.2) is 30.2 Å². The van der Waals surface area contributed by atoms with Crippen LogP contribution >= 0.6 is 11.6 Å². The Kier molecular flexibility index (Phi) is 5.24. The van der Waals surface area contributed by atoms with Crippen molar-refractivity contribution in [2.45, 2.75) is 38.1 Å². The summed E-state index contributed by atoms with van der Waals surface area (Å²) in [7, 11) is 1.41. The largest absolute Gasteiger partial charge is 0.405 e. The van der Waals surface area contributed by atoms with Gasteiger partial charge in [-0.2, -0.15) is 13.2 Å². The fourth-order valence-corrected chi connectivity index (χ4v) is 2.47. The Bertz CT molecular complexity index is 421. The number of hydrogen-bond donors (Lipinski definition) is 1. The molecule has 0 aromatic heterocycles. The van der Waals surface area contributed by atoms with Crippen LogP contribution in [0.25, 0.3) is 0 Å². The molecule has 0 saturated carbocycles. The van der Waals surface area contributed by atoms with Crippen LogP contribution in [0.15, 0.2) is 24.3 Å². The molecule has 108 valence electrons. The number of nitrogens with two attached hydrogens (primary N) is 1. The highest BCUT2D eigenvalue weighted by Crippen LogP contribution is 2.33. The van der Waals surface area contributed by atoms with E-state index in [0.29, 0.717) is 10.6 Å². The van der Waals surface area contributed by atoms with E-state index in [0.717, 1.165) is 0 Å². The summed E-state index contributed by atoms with van der Waals surface area (Å²) in [6.07, 6.45) is -4.38. The lowest BCUT2D eigenvalue weighted by atomic mass is 10.0. The molecule has 0 radical (unpaired) electrons. The van der Waals surface area contributed by atoms with Gasteiger partial charge in [-0.15, -0.1) is 0 Å². The molecule has 0 bridgehead atoms. The van der Waals surface area contributed by atoms with Crippen molar-refractivity contribution < 1.29 is 13.2 Å². The summed E-state index contributed by atoms with van der Waals surface area (Å²) in [6.45, 7) is 3.04. The van der Waals surface area contributed by atoms with Crippen LogP contribution in [0, 0.1) is 0 Å². The molecule has 1 rings (SSSR count). The maximum atomic E-state index is 13.0. The zero-order valence-corrected chi connectivity index (χ0v) is 11.8. The summed E-state index contributed by atoms with van der Waals surface area (Å²) in [5, 5.41) is 0.451.